The molecule has 0 aromatic heterocycles. The summed E-state index contributed by atoms with van der Waals surface area (Å²) in [5.74, 6) is -0.727. The van der Waals surface area contributed by atoms with E-state index in [0.29, 0.717) is 0 Å². The number of hydrogen-bond acceptors (Lipinski definition) is 4. The van der Waals surface area contributed by atoms with Gasteiger partial charge in [-0.2, -0.15) is 4.79 Å². The molecule has 0 spiro atoms. The lowest BCUT2D eigenvalue weighted by atomic mass is 9.80. The number of nitrogens with zero attached hydrogens (tertiary/aromatic N) is 2. The zero-order valence-electron chi connectivity index (χ0n) is 19.2. The molecule has 34 heavy (non-hydrogen) atoms. The van der Waals surface area contributed by atoms with Gasteiger partial charge in [-0.25, -0.2) is 4.79 Å². The van der Waals surface area contributed by atoms with Crippen LogP contribution in [0.1, 0.15) is 23.1 Å². The fourth-order valence-corrected chi connectivity index (χ4v) is 3.86. The summed E-state index contributed by atoms with van der Waals surface area (Å²) in [6, 6.07) is 29.8. The van der Waals surface area contributed by atoms with Gasteiger partial charge in [0.1, 0.15) is 5.60 Å². The third-order valence-corrected chi connectivity index (χ3v) is 5.44. The van der Waals surface area contributed by atoms with Crippen LogP contribution < -0.4 is 0 Å². The minimum absolute atomic E-state index is 0.00542. The van der Waals surface area contributed by atoms with Crippen molar-refractivity contribution in [1.82, 2.24) is 0 Å². The molecule has 0 saturated carbocycles. The fraction of sp³-hybridized carbons (Fsp3) is 0.214. The monoisotopic (exact) mass is 456 g/mol. The van der Waals surface area contributed by atoms with Crippen molar-refractivity contribution >= 4 is 11.7 Å². The highest BCUT2D eigenvalue weighted by molar-refractivity contribution is 6.33. The van der Waals surface area contributed by atoms with Crippen LogP contribution in [0.3, 0.4) is 0 Å². The second kappa shape index (κ2) is 12.4. The number of methoxy groups -OCH3 is 1. The Morgan fingerprint density at radius 3 is 1.79 bits per heavy atom. The number of esters is 1. The average molecular weight is 457 g/mol. The van der Waals surface area contributed by atoms with E-state index in [1.165, 1.54) is 7.11 Å². The summed E-state index contributed by atoms with van der Waals surface area (Å²) in [6.45, 7) is 4.04. The molecular formula is C28H28N2O4. The molecule has 1 unspecified atom stereocenters. The largest absolute Gasteiger partial charge is 0.460 e. The maximum atomic E-state index is 12.0. The van der Waals surface area contributed by atoms with Crippen molar-refractivity contribution in [2.45, 2.75) is 18.1 Å². The third kappa shape index (κ3) is 5.74. The van der Waals surface area contributed by atoms with Gasteiger partial charge in [-0.15, -0.1) is 6.58 Å². The van der Waals surface area contributed by atoms with E-state index in [0.717, 1.165) is 16.7 Å². The maximum absolute atomic E-state index is 12.0. The van der Waals surface area contributed by atoms with Crippen molar-refractivity contribution in [3.8, 4) is 0 Å². The summed E-state index contributed by atoms with van der Waals surface area (Å²) < 4.78 is 17.4. The topological polar surface area (TPSA) is 81.2 Å². The number of hydrogen-bond donors (Lipinski definition) is 0. The first-order chi connectivity index (χ1) is 16.7. The van der Waals surface area contributed by atoms with Gasteiger partial charge >= 0.3 is 11.7 Å². The SMILES string of the molecule is C=CCOC(COC(c1ccccc1)(c1ccccc1)c1ccccc1)CC(=[N+]=[N-])C(=O)OC. The number of ether oxygens (including phenoxy) is 3. The van der Waals surface area contributed by atoms with Crippen molar-refractivity contribution in [2.24, 2.45) is 0 Å². The smallest absolute Gasteiger partial charge is 0.416 e. The van der Waals surface area contributed by atoms with E-state index >= 15 is 0 Å². The van der Waals surface area contributed by atoms with E-state index in [2.05, 4.69) is 11.4 Å². The second-order valence-electron chi connectivity index (χ2n) is 7.58. The quantitative estimate of drug-likeness (QED) is 0.0979. The molecule has 0 radical (unpaired) electrons. The van der Waals surface area contributed by atoms with Crippen molar-refractivity contribution in [2.75, 3.05) is 20.3 Å². The Labute approximate surface area is 200 Å². The molecule has 0 aliphatic heterocycles. The second-order valence-corrected chi connectivity index (χ2v) is 7.58. The lowest BCUT2D eigenvalue weighted by Gasteiger charge is -2.37. The zero-order valence-corrected chi connectivity index (χ0v) is 19.2. The molecule has 174 valence electrons. The molecule has 1 atom stereocenters. The standard InChI is InChI=1S/C28H28N2O4/c1-3-19-33-25(20-26(30-29)27(31)32-2)21-34-28(22-13-7-4-8-14-22,23-15-9-5-10-16-23)24-17-11-6-12-18-24/h3-18,25H,1,19-21H2,2H3. The van der Waals surface area contributed by atoms with E-state index in [9.17, 15) is 10.3 Å². The van der Waals surface area contributed by atoms with Crippen LogP contribution in [0.15, 0.2) is 104 Å². The number of benzene rings is 3. The summed E-state index contributed by atoms with van der Waals surface area (Å²) >= 11 is 0. The Kier molecular flexibility index (Phi) is 9.06. The van der Waals surface area contributed by atoms with Crippen molar-refractivity contribution in [1.29, 1.82) is 0 Å². The number of carbonyl (C=O) groups excluding carboxylic acids is 1. The van der Waals surface area contributed by atoms with Gasteiger partial charge in [0.05, 0.1) is 32.8 Å². The van der Waals surface area contributed by atoms with Crippen LogP contribution in [0.5, 0.6) is 0 Å². The summed E-state index contributed by atoms with van der Waals surface area (Å²) in [7, 11) is 1.23. The summed E-state index contributed by atoms with van der Waals surface area (Å²) in [6.07, 6.45) is 1.02. The van der Waals surface area contributed by atoms with Gasteiger partial charge in [-0.1, -0.05) is 97.1 Å². The molecule has 0 fully saturated rings. The van der Waals surface area contributed by atoms with Crippen LogP contribution in [0.4, 0.5) is 0 Å². The van der Waals surface area contributed by atoms with Gasteiger partial charge in [-0.3, -0.25) is 0 Å². The lowest BCUT2D eigenvalue weighted by Crippen LogP contribution is -2.37. The maximum Gasteiger partial charge on any atom is 0.416 e. The molecule has 0 saturated heterocycles. The van der Waals surface area contributed by atoms with Crippen molar-refractivity contribution in [3.05, 3.63) is 126 Å². The van der Waals surface area contributed by atoms with E-state index < -0.39 is 17.7 Å². The van der Waals surface area contributed by atoms with E-state index in [4.69, 9.17) is 14.2 Å². The molecule has 0 amide bonds. The van der Waals surface area contributed by atoms with Crippen LogP contribution in [0, 0.1) is 0 Å². The highest BCUT2D eigenvalue weighted by Crippen LogP contribution is 2.40. The Morgan fingerprint density at radius 2 is 1.41 bits per heavy atom. The molecule has 3 aromatic carbocycles. The Morgan fingerprint density at radius 1 is 0.941 bits per heavy atom. The summed E-state index contributed by atoms with van der Waals surface area (Å²) in [5, 5.41) is 0. The molecule has 3 rings (SSSR count). The average Bonchev–Trinajstić information content (AvgIpc) is 2.91. The van der Waals surface area contributed by atoms with Crippen LogP contribution >= 0.6 is 0 Å². The van der Waals surface area contributed by atoms with Crippen molar-refractivity contribution < 1.29 is 23.8 Å². The first-order valence-corrected chi connectivity index (χ1v) is 11.0. The molecule has 0 aliphatic carbocycles. The van der Waals surface area contributed by atoms with Crippen molar-refractivity contribution in [3.63, 3.8) is 0 Å². The fourth-order valence-electron chi connectivity index (χ4n) is 3.86. The molecule has 0 aliphatic rings. The highest BCUT2D eigenvalue weighted by atomic mass is 16.5. The molecule has 3 aromatic rings. The normalized spacial score (nSPS) is 11.8. The Balaban J connectivity index is 2.06. The van der Waals surface area contributed by atoms with E-state index in [-0.39, 0.29) is 25.3 Å². The first kappa shape index (κ1) is 24.8. The van der Waals surface area contributed by atoms with Gasteiger partial charge in [-0.05, 0) is 16.7 Å². The highest BCUT2D eigenvalue weighted by Gasteiger charge is 2.39. The Bertz CT molecular complexity index is 1010. The van der Waals surface area contributed by atoms with Gasteiger partial charge in [0.15, 0.2) is 0 Å². The molecule has 6 nitrogen and oxygen atoms in total. The van der Waals surface area contributed by atoms with Gasteiger partial charge in [0, 0.05) is 0 Å². The minimum atomic E-state index is -0.943. The van der Waals surface area contributed by atoms with E-state index in [1.807, 2.05) is 91.0 Å². The molecule has 6 heteroatoms. The first-order valence-electron chi connectivity index (χ1n) is 11.0. The van der Waals surface area contributed by atoms with Crippen LogP contribution in [-0.2, 0) is 24.6 Å². The summed E-state index contributed by atoms with van der Waals surface area (Å²) in [4.78, 5) is 15.1. The van der Waals surface area contributed by atoms with Crippen LogP contribution in [0.25, 0.3) is 5.53 Å². The third-order valence-electron chi connectivity index (χ3n) is 5.44. The zero-order chi connectivity index (χ0) is 24.2. The van der Waals surface area contributed by atoms with Gasteiger partial charge in [0.2, 0.25) is 0 Å². The molecular weight excluding hydrogens is 428 g/mol. The number of carbonyl (C=O) groups is 1. The summed E-state index contributed by atoms with van der Waals surface area (Å²) in [5.41, 5.74) is 11.1. The minimum Gasteiger partial charge on any atom is -0.460 e. The van der Waals surface area contributed by atoms with Crippen LogP contribution in [-0.4, -0.2) is 42.9 Å². The molecule has 0 bridgehead atoms. The van der Waals surface area contributed by atoms with Gasteiger partial charge in [0.25, 0.3) is 0 Å². The predicted octanol–water partition coefficient (Wildman–Crippen LogP) is 4.80. The lowest BCUT2D eigenvalue weighted by molar-refractivity contribution is -0.138. The molecule has 0 N–H and O–H groups in total. The molecule has 0 heterocycles. The van der Waals surface area contributed by atoms with E-state index in [1.54, 1.807) is 6.08 Å². The Hall–Kier alpha value is -3.83. The number of rotatable bonds is 12. The van der Waals surface area contributed by atoms with Gasteiger partial charge < -0.3 is 19.7 Å². The predicted molar refractivity (Wildman–Crippen MR) is 130 cm³/mol. The van der Waals surface area contributed by atoms with Crippen LogP contribution in [0.2, 0.25) is 0 Å².